The van der Waals surface area contributed by atoms with Crippen LogP contribution < -0.4 is 10.2 Å². The number of carbonyl (C=O) groups is 1. The van der Waals surface area contributed by atoms with E-state index in [1.54, 1.807) is 18.5 Å². The minimum absolute atomic E-state index is 0.0454. The van der Waals surface area contributed by atoms with Crippen molar-refractivity contribution in [2.75, 3.05) is 45.2 Å². The Bertz CT molecular complexity index is 711. The SMILES string of the molecule is CN(C)C[C@@H]1CN(c2ncccn2)C[C@H]1NC(=O)COCc1ccccc1. The summed E-state index contributed by atoms with van der Waals surface area (Å²) in [4.78, 5) is 25.3. The van der Waals surface area contributed by atoms with Crippen molar-refractivity contribution in [1.82, 2.24) is 20.2 Å². The Kier molecular flexibility index (Phi) is 6.73. The lowest BCUT2D eigenvalue weighted by Crippen LogP contribution is -2.44. The highest BCUT2D eigenvalue weighted by Crippen LogP contribution is 2.21. The molecule has 1 aromatic heterocycles. The average molecular weight is 369 g/mol. The highest BCUT2D eigenvalue weighted by atomic mass is 16.5. The molecule has 0 bridgehead atoms. The molecular formula is C20H27N5O2. The standard InChI is InChI=1S/C20H27N5O2/c1-24(2)11-17-12-25(20-21-9-6-10-22-20)13-18(17)23-19(26)15-27-14-16-7-4-3-5-8-16/h3-10,17-18H,11-15H2,1-2H3,(H,23,26)/t17-,18-/m1/s1. The summed E-state index contributed by atoms with van der Waals surface area (Å²) >= 11 is 0. The van der Waals surface area contributed by atoms with E-state index in [-0.39, 0.29) is 18.6 Å². The van der Waals surface area contributed by atoms with Crippen LogP contribution in [-0.2, 0) is 16.1 Å². The number of ether oxygens (including phenoxy) is 1. The second kappa shape index (κ2) is 9.43. The quantitative estimate of drug-likeness (QED) is 0.753. The van der Waals surface area contributed by atoms with Gasteiger partial charge in [0.25, 0.3) is 0 Å². The van der Waals surface area contributed by atoms with Crippen LogP contribution in [0.4, 0.5) is 5.95 Å². The van der Waals surface area contributed by atoms with Crippen LogP contribution in [0.3, 0.4) is 0 Å². The first kappa shape index (κ1) is 19.3. The van der Waals surface area contributed by atoms with Crippen LogP contribution in [0.1, 0.15) is 5.56 Å². The van der Waals surface area contributed by atoms with Crippen molar-refractivity contribution in [1.29, 1.82) is 0 Å². The zero-order valence-corrected chi connectivity index (χ0v) is 15.9. The third-order valence-electron chi connectivity index (χ3n) is 4.57. The number of aromatic nitrogens is 2. The van der Waals surface area contributed by atoms with Gasteiger partial charge in [-0.15, -0.1) is 0 Å². The van der Waals surface area contributed by atoms with Crippen molar-refractivity contribution in [3.8, 4) is 0 Å². The molecule has 2 aromatic rings. The summed E-state index contributed by atoms with van der Waals surface area (Å²) in [5, 5.41) is 3.13. The molecule has 2 atom stereocenters. The second-order valence-corrected chi connectivity index (χ2v) is 7.13. The largest absolute Gasteiger partial charge is 0.367 e. The highest BCUT2D eigenvalue weighted by molar-refractivity contribution is 5.77. The molecule has 1 fully saturated rings. The molecule has 27 heavy (non-hydrogen) atoms. The lowest BCUT2D eigenvalue weighted by atomic mass is 10.0. The molecular weight excluding hydrogens is 342 g/mol. The minimum Gasteiger partial charge on any atom is -0.367 e. The predicted molar refractivity (Wildman–Crippen MR) is 104 cm³/mol. The van der Waals surface area contributed by atoms with Gasteiger partial charge in [-0.25, -0.2) is 9.97 Å². The molecule has 0 radical (unpaired) electrons. The minimum atomic E-state index is -0.0875. The van der Waals surface area contributed by atoms with E-state index < -0.39 is 0 Å². The fourth-order valence-electron chi connectivity index (χ4n) is 3.39. The third-order valence-corrected chi connectivity index (χ3v) is 4.57. The fraction of sp³-hybridized carbons (Fsp3) is 0.450. The van der Waals surface area contributed by atoms with Gasteiger partial charge in [-0.2, -0.15) is 0 Å². The zero-order chi connectivity index (χ0) is 19.1. The van der Waals surface area contributed by atoms with Crippen molar-refractivity contribution >= 4 is 11.9 Å². The molecule has 3 rings (SSSR count). The molecule has 0 aliphatic carbocycles. The summed E-state index contributed by atoms with van der Waals surface area (Å²) in [6.07, 6.45) is 3.49. The topological polar surface area (TPSA) is 70.6 Å². The van der Waals surface area contributed by atoms with Gasteiger partial charge in [-0.3, -0.25) is 4.79 Å². The number of hydrogen-bond donors (Lipinski definition) is 1. The van der Waals surface area contributed by atoms with Crippen LogP contribution in [0.25, 0.3) is 0 Å². The maximum Gasteiger partial charge on any atom is 0.246 e. The molecule has 7 nitrogen and oxygen atoms in total. The predicted octanol–water partition coefficient (Wildman–Crippen LogP) is 1.18. The number of nitrogens with one attached hydrogen (secondary N) is 1. The Labute approximate surface area is 160 Å². The second-order valence-electron chi connectivity index (χ2n) is 7.13. The zero-order valence-electron chi connectivity index (χ0n) is 15.9. The number of anilines is 1. The Morgan fingerprint density at radius 3 is 2.63 bits per heavy atom. The molecule has 0 spiro atoms. The lowest BCUT2D eigenvalue weighted by molar-refractivity contribution is -0.127. The first-order chi connectivity index (χ1) is 13.1. The monoisotopic (exact) mass is 369 g/mol. The van der Waals surface area contributed by atoms with Crippen LogP contribution in [0.5, 0.6) is 0 Å². The van der Waals surface area contributed by atoms with Crippen LogP contribution >= 0.6 is 0 Å². The van der Waals surface area contributed by atoms with Gasteiger partial charge in [-0.05, 0) is 25.7 Å². The average Bonchev–Trinajstić information content (AvgIpc) is 3.05. The van der Waals surface area contributed by atoms with Crippen LogP contribution in [0.2, 0.25) is 0 Å². The van der Waals surface area contributed by atoms with Crippen molar-refractivity contribution in [3.05, 3.63) is 54.4 Å². The van der Waals surface area contributed by atoms with Gasteiger partial charge in [0.2, 0.25) is 11.9 Å². The summed E-state index contributed by atoms with van der Waals surface area (Å²) < 4.78 is 5.56. The van der Waals surface area contributed by atoms with E-state index in [4.69, 9.17) is 4.74 Å². The summed E-state index contributed by atoms with van der Waals surface area (Å²) in [5.74, 6) is 0.927. The maximum atomic E-state index is 12.4. The molecule has 1 aromatic carbocycles. The molecule has 1 N–H and O–H groups in total. The van der Waals surface area contributed by atoms with Gasteiger partial charge >= 0.3 is 0 Å². The summed E-state index contributed by atoms with van der Waals surface area (Å²) in [6.45, 7) is 2.90. The Balaban J connectivity index is 1.53. The molecule has 1 aliphatic heterocycles. The molecule has 7 heteroatoms. The van der Waals surface area contributed by atoms with E-state index in [9.17, 15) is 4.79 Å². The Morgan fingerprint density at radius 1 is 1.19 bits per heavy atom. The van der Waals surface area contributed by atoms with Gasteiger partial charge in [-0.1, -0.05) is 30.3 Å². The molecule has 0 unspecified atom stereocenters. The molecule has 1 amide bonds. The fourth-order valence-corrected chi connectivity index (χ4v) is 3.39. The van der Waals surface area contributed by atoms with Crippen LogP contribution in [0, 0.1) is 5.92 Å². The number of benzene rings is 1. The normalized spacial score (nSPS) is 19.4. The van der Waals surface area contributed by atoms with E-state index in [0.717, 1.165) is 18.7 Å². The highest BCUT2D eigenvalue weighted by Gasteiger charge is 2.35. The van der Waals surface area contributed by atoms with E-state index in [0.29, 0.717) is 25.0 Å². The van der Waals surface area contributed by atoms with Crippen LogP contribution in [0.15, 0.2) is 48.8 Å². The molecule has 1 aliphatic rings. The number of rotatable bonds is 8. The van der Waals surface area contributed by atoms with Crippen molar-refractivity contribution < 1.29 is 9.53 Å². The number of amides is 1. The number of hydrogen-bond acceptors (Lipinski definition) is 6. The van der Waals surface area contributed by atoms with Gasteiger partial charge in [0, 0.05) is 37.9 Å². The third kappa shape index (κ3) is 5.74. The first-order valence-corrected chi connectivity index (χ1v) is 9.19. The molecule has 2 heterocycles. The lowest BCUT2D eigenvalue weighted by Gasteiger charge is -2.22. The van der Waals surface area contributed by atoms with Crippen molar-refractivity contribution in [2.24, 2.45) is 5.92 Å². The summed E-state index contributed by atoms with van der Waals surface area (Å²) in [5.41, 5.74) is 1.06. The smallest absolute Gasteiger partial charge is 0.246 e. The van der Waals surface area contributed by atoms with Gasteiger partial charge in [0.15, 0.2) is 0 Å². The van der Waals surface area contributed by atoms with Crippen LogP contribution in [-0.4, -0.2) is 67.2 Å². The Hall–Kier alpha value is -2.51. The van der Waals surface area contributed by atoms with E-state index in [1.165, 1.54) is 0 Å². The van der Waals surface area contributed by atoms with E-state index >= 15 is 0 Å². The van der Waals surface area contributed by atoms with Crippen molar-refractivity contribution in [2.45, 2.75) is 12.6 Å². The number of nitrogens with zero attached hydrogens (tertiary/aromatic N) is 4. The van der Waals surface area contributed by atoms with Gasteiger partial charge in [0.05, 0.1) is 12.6 Å². The van der Waals surface area contributed by atoms with Gasteiger partial charge < -0.3 is 19.9 Å². The van der Waals surface area contributed by atoms with E-state index in [1.807, 2.05) is 44.4 Å². The Morgan fingerprint density at radius 2 is 1.93 bits per heavy atom. The summed E-state index contributed by atoms with van der Waals surface area (Å²) in [6, 6.07) is 11.7. The molecule has 144 valence electrons. The molecule has 1 saturated heterocycles. The number of carbonyl (C=O) groups excluding carboxylic acids is 1. The first-order valence-electron chi connectivity index (χ1n) is 9.19. The molecule has 0 saturated carbocycles. The van der Waals surface area contributed by atoms with Crippen molar-refractivity contribution in [3.63, 3.8) is 0 Å². The summed E-state index contributed by atoms with van der Waals surface area (Å²) in [7, 11) is 4.09. The van der Waals surface area contributed by atoms with E-state index in [2.05, 4.69) is 25.1 Å². The van der Waals surface area contributed by atoms with Gasteiger partial charge in [0.1, 0.15) is 6.61 Å². The maximum absolute atomic E-state index is 12.4.